The lowest BCUT2D eigenvalue weighted by atomic mass is 9.32. The summed E-state index contributed by atoms with van der Waals surface area (Å²) >= 11 is 1.90. The second kappa shape index (κ2) is 5.12. The van der Waals surface area contributed by atoms with E-state index in [1.807, 2.05) is 16.0 Å². The zero-order valence-corrected chi connectivity index (χ0v) is 15.3. The van der Waals surface area contributed by atoms with Crippen LogP contribution in [0.4, 0.5) is 0 Å². The number of thiazole rings is 1. The zero-order valence-electron chi connectivity index (χ0n) is 14.5. The number of nitrogens with zero attached hydrogens (tertiary/aromatic N) is 1. The maximum atomic E-state index is 6.56. The number of benzene rings is 1. The van der Waals surface area contributed by atoms with E-state index in [-0.39, 0.29) is 5.41 Å². The second-order valence-corrected chi connectivity index (χ2v) is 8.64. The van der Waals surface area contributed by atoms with Crippen LogP contribution in [0.3, 0.4) is 0 Å². The molecule has 3 rings (SSSR count). The Morgan fingerprint density at radius 1 is 1.14 bits per heavy atom. The molecule has 0 saturated carbocycles. The summed E-state index contributed by atoms with van der Waals surface area (Å²) < 4.78 is 1.99. The Bertz CT molecular complexity index is 716. The second-order valence-electron chi connectivity index (χ2n) is 7.61. The molecule has 2 N–H and O–H groups in total. The first-order valence-corrected chi connectivity index (χ1v) is 9.02. The molecule has 0 radical (unpaired) electrons. The van der Waals surface area contributed by atoms with Crippen molar-refractivity contribution < 1.29 is 4.68 Å². The molecule has 0 amide bonds. The zero-order chi connectivity index (χ0) is 16.2. The van der Waals surface area contributed by atoms with Crippen LogP contribution in [0.5, 0.6) is 0 Å². The highest BCUT2D eigenvalue weighted by Crippen LogP contribution is 2.38. The molecule has 0 fully saturated rings. The van der Waals surface area contributed by atoms with Gasteiger partial charge in [-0.05, 0) is 5.56 Å². The summed E-state index contributed by atoms with van der Waals surface area (Å²) in [6, 6.07) is 8.91. The topological polar surface area (TPSA) is 29.9 Å². The molecule has 4 heteroatoms. The Labute approximate surface area is 138 Å². The summed E-state index contributed by atoms with van der Waals surface area (Å²) in [5.74, 6) is 7.54. The molecule has 116 valence electrons. The molecule has 2 heterocycles. The molecule has 0 bridgehead atoms. The predicted octanol–water partition coefficient (Wildman–Crippen LogP) is 2.53. The van der Waals surface area contributed by atoms with Crippen molar-refractivity contribution in [3.63, 3.8) is 0 Å². The van der Waals surface area contributed by atoms with Crippen LogP contribution in [0.2, 0.25) is 5.82 Å². The van der Waals surface area contributed by atoms with Gasteiger partial charge in [-0.1, -0.05) is 93.1 Å². The van der Waals surface area contributed by atoms with Gasteiger partial charge in [0.25, 0.3) is 5.01 Å². The van der Waals surface area contributed by atoms with Crippen molar-refractivity contribution in [2.75, 3.05) is 5.84 Å². The van der Waals surface area contributed by atoms with Crippen LogP contribution in [0, 0.1) is 0 Å². The number of fused-ring (bicyclic) bond motifs is 2. The SMILES string of the molecule is CC(C)B1c2ccccc2C(C)(C)c2sc(C(C)C)[n+](N)c21. The third kappa shape index (κ3) is 2.04. The number of rotatable bonds is 2. The fourth-order valence-electron chi connectivity index (χ4n) is 3.85. The molecule has 0 unspecified atom stereocenters. The van der Waals surface area contributed by atoms with E-state index in [1.54, 1.807) is 0 Å². The Kier molecular flexibility index (Phi) is 3.63. The fraction of sp³-hybridized carbons (Fsp3) is 0.500. The molecule has 1 aliphatic heterocycles. The van der Waals surface area contributed by atoms with Gasteiger partial charge in [0.1, 0.15) is 0 Å². The van der Waals surface area contributed by atoms with Gasteiger partial charge in [-0.25, -0.2) is 5.84 Å². The summed E-state index contributed by atoms with van der Waals surface area (Å²) in [5.41, 5.74) is 4.25. The van der Waals surface area contributed by atoms with Crippen molar-refractivity contribution in [3.8, 4) is 0 Å². The lowest BCUT2D eigenvalue weighted by molar-refractivity contribution is -0.625. The highest BCUT2D eigenvalue weighted by molar-refractivity contribution is 7.13. The number of nitrogens with two attached hydrogens (primary N) is 1. The lowest BCUT2D eigenvalue weighted by Crippen LogP contribution is -2.70. The number of hydrogen-bond donors (Lipinski definition) is 1. The minimum absolute atomic E-state index is 0.0241. The smallest absolute Gasteiger partial charge is 0.205 e. The van der Waals surface area contributed by atoms with E-state index in [0.717, 1.165) is 0 Å². The summed E-state index contributed by atoms with van der Waals surface area (Å²) in [4.78, 5) is 1.44. The van der Waals surface area contributed by atoms with Crippen molar-refractivity contribution in [2.24, 2.45) is 0 Å². The van der Waals surface area contributed by atoms with Gasteiger partial charge in [0.15, 0.2) is 5.59 Å². The first kappa shape index (κ1) is 15.6. The first-order valence-electron chi connectivity index (χ1n) is 8.20. The van der Waals surface area contributed by atoms with Gasteiger partial charge in [0.05, 0.1) is 10.8 Å². The van der Waals surface area contributed by atoms with Gasteiger partial charge in [-0.2, -0.15) is 0 Å². The molecule has 1 aliphatic rings. The molecule has 0 saturated heterocycles. The summed E-state index contributed by atoms with van der Waals surface area (Å²) in [6.45, 7) is 14.1. The number of aromatic nitrogens is 1. The van der Waals surface area contributed by atoms with Crippen LogP contribution in [-0.2, 0) is 5.41 Å². The van der Waals surface area contributed by atoms with E-state index in [2.05, 4.69) is 65.8 Å². The monoisotopic (exact) mass is 313 g/mol. The van der Waals surface area contributed by atoms with Crippen LogP contribution < -0.4 is 21.6 Å². The van der Waals surface area contributed by atoms with Crippen molar-refractivity contribution in [3.05, 3.63) is 39.7 Å². The predicted molar refractivity (Wildman–Crippen MR) is 97.4 cm³/mol. The highest BCUT2D eigenvalue weighted by Gasteiger charge is 2.49. The molecular formula is C18H26BN2S+. The summed E-state index contributed by atoms with van der Waals surface area (Å²) in [7, 11) is 0. The lowest BCUT2D eigenvalue weighted by Gasteiger charge is -2.34. The van der Waals surface area contributed by atoms with E-state index in [9.17, 15) is 0 Å². The number of nitrogen functional groups attached to an aromatic ring is 1. The van der Waals surface area contributed by atoms with E-state index in [0.29, 0.717) is 18.4 Å². The molecule has 2 aromatic rings. The van der Waals surface area contributed by atoms with E-state index < -0.39 is 0 Å². The van der Waals surface area contributed by atoms with Crippen molar-refractivity contribution in [1.82, 2.24) is 0 Å². The van der Waals surface area contributed by atoms with Crippen molar-refractivity contribution in [2.45, 2.75) is 58.7 Å². The average Bonchev–Trinajstić information content (AvgIpc) is 2.78. The molecule has 1 aromatic heterocycles. The van der Waals surface area contributed by atoms with Crippen LogP contribution in [0.1, 0.15) is 62.9 Å². The fourth-order valence-corrected chi connectivity index (χ4v) is 5.19. The average molecular weight is 313 g/mol. The molecule has 0 atom stereocenters. The molecule has 22 heavy (non-hydrogen) atoms. The van der Waals surface area contributed by atoms with Gasteiger partial charge in [0, 0.05) is 5.41 Å². The third-order valence-corrected chi connectivity index (χ3v) is 6.73. The van der Waals surface area contributed by atoms with Gasteiger partial charge >= 0.3 is 6.71 Å². The van der Waals surface area contributed by atoms with Crippen LogP contribution in [0.25, 0.3) is 0 Å². The molecule has 1 aromatic carbocycles. The quantitative estimate of drug-likeness (QED) is 0.515. The third-order valence-electron chi connectivity index (χ3n) is 4.93. The standard InChI is InChI=1S/C18H26BN2S/c1-11(2)17-21(20)16-15(22-17)18(5,6)13-9-7-8-10-14(13)19(16)12(3)4/h7-12H,20H2,1-6H3/q+1. The number of hydrogen-bond acceptors (Lipinski definition) is 2. The van der Waals surface area contributed by atoms with Crippen LogP contribution in [-0.4, -0.2) is 6.71 Å². The van der Waals surface area contributed by atoms with Gasteiger partial charge in [0.2, 0.25) is 0 Å². The summed E-state index contributed by atoms with van der Waals surface area (Å²) in [5, 5.41) is 1.27. The maximum Gasteiger partial charge on any atom is 0.301 e. The Morgan fingerprint density at radius 2 is 1.77 bits per heavy atom. The summed E-state index contributed by atoms with van der Waals surface area (Å²) in [6.07, 6.45) is 0. The molecule has 0 aliphatic carbocycles. The largest absolute Gasteiger partial charge is 0.301 e. The Balaban J connectivity index is 2.36. The van der Waals surface area contributed by atoms with Gasteiger partial charge in [-0.3, -0.25) is 0 Å². The van der Waals surface area contributed by atoms with Crippen molar-refractivity contribution in [1.29, 1.82) is 0 Å². The highest BCUT2D eigenvalue weighted by atomic mass is 32.1. The van der Waals surface area contributed by atoms with Crippen molar-refractivity contribution >= 4 is 29.1 Å². The first-order chi connectivity index (χ1) is 10.3. The molecule has 2 nitrogen and oxygen atoms in total. The van der Waals surface area contributed by atoms with E-state index in [1.165, 1.54) is 26.5 Å². The van der Waals surface area contributed by atoms with Gasteiger partial charge in [-0.15, -0.1) is 0 Å². The normalized spacial score (nSPS) is 16.1. The Morgan fingerprint density at radius 3 is 2.36 bits per heavy atom. The molecule has 0 spiro atoms. The van der Waals surface area contributed by atoms with Crippen LogP contribution >= 0.6 is 11.3 Å². The minimum Gasteiger partial charge on any atom is -0.205 e. The van der Waals surface area contributed by atoms with E-state index in [4.69, 9.17) is 5.84 Å². The minimum atomic E-state index is 0.0241. The molecular weight excluding hydrogens is 287 g/mol. The Hall–Kier alpha value is -1.29. The van der Waals surface area contributed by atoms with Crippen LogP contribution in [0.15, 0.2) is 24.3 Å². The van der Waals surface area contributed by atoms with E-state index >= 15 is 0 Å². The van der Waals surface area contributed by atoms with Gasteiger partial charge < -0.3 is 0 Å². The maximum absolute atomic E-state index is 6.56.